The van der Waals surface area contributed by atoms with Crippen LogP contribution < -0.4 is 11.1 Å². The summed E-state index contributed by atoms with van der Waals surface area (Å²) in [6.07, 6.45) is 1.55. The Morgan fingerprint density at radius 2 is 1.80 bits per heavy atom. The van der Waals surface area contributed by atoms with Gasteiger partial charge >= 0.3 is 11.8 Å². The smallest absolute Gasteiger partial charge is 0.329 e. The van der Waals surface area contributed by atoms with Crippen molar-refractivity contribution in [3.05, 3.63) is 36.2 Å². The number of halogens is 4. The third-order valence-electron chi connectivity index (χ3n) is 4.97. The van der Waals surface area contributed by atoms with Gasteiger partial charge in [0.2, 0.25) is 5.91 Å². The predicted octanol–water partition coefficient (Wildman–Crippen LogP) is 1.82. The Morgan fingerprint density at radius 1 is 1.17 bits per heavy atom. The van der Waals surface area contributed by atoms with E-state index >= 15 is 0 Å². The van der Waals surface area contributed by atoms with E-state index in [1.807, 2.05) is 12.1 Å². The van der Waals surface area contributed by atoms with Gasteiger partial charge in [0.05, 0.1) is 36.4 Å². The van der Waals surface area contributed by atoms with Gasteiger partial charge in [0.25, 0.3) is 0 Å². The van der Waals surface area contributed by atoms with Crippen molar-refractivity contribution < 1.29 is 27.5 Å². The standard InChI is InChI=1S/C19H23F4N5O2/c20-18(21)10-28(11-19(18,22)23)17(30)12(24)5-3-4-8-25-16(29)15-9-26-13-6-1-2-7-14(13)27-15/h1-2,6-7,9,12,16,25,29H,3-5,8,10-11,24H2/t12-,16?/m0/s1. The van der Waals surface area contributed by atoms with E-state index in [0.29, 0.717) is 41.0 Å². The first-order valence-electron chi connectivity index (χ1n) is 9.54. The summed E-state index contributed by atoms with van der Waals surface area (Å²) >= 11 is 0. The Hall–Kier alpha value is -2.37. The van der Waals surface area contributed by atoms with Gasteiger partial charge in [-0.1, -0.05) is 18.6 Å². The van der Waals surface area contributed by atoms with Gasteiger partial charge in [-0.2, -0.15) is 17.6 Å². The van der Waals surface area contributed by atoms with Crippen LogP contribution in [0.15, 0.2) is 30.5 Å². The first kappa shape index (κ1) is 22.3. The first-order valence-corrected chi connectivity index (χ1v) is 9.54. The van der Waals surface area contributed by atoms with Crippen LogP contribution in [0.5, 0.6) is 0 Å². The summed E-state index contributed by atoms with van der Waals surface area (Å²) in [7, 11) is 0. The maximum Gasteiger partial charge on any atom is 0.329 e. The molecule has 1 saturated heterocycles. The average Bonchev–Trinajstić information content (AvgIpc) is 2.93. The highest BCUT2D eigenvalue weighted by molar-refractivity contribution is 5.82. The number of nitrogens with one attached hydrogen (secondary N) is 1. The number of carbonyl (C=O) groups excluding carboxylic acids is 1. The molecule has 1 aliphatic heterocycles. The first-order chi connectivity index (χ1) is 14.1. The Labute approximate surface area is 170 Å². The van der Waals surface area contributed by atoms with Crippen molar-refractivity contribution in [3.63, 3.8) is 0 Å². The van der Waals surface area contributed by atoms with Crippen LogP contribution in [0, 0.1) is 0 Å². The second-order valence-electron chi connectivity index (χ2n) is 7.35. The van der Waals surface area contributed by atoms with Crippen molar-refractivity contribution >= 4 is 16.9 Å². The number of alkyl halides is 4. The molecular formula is C19H23F4N5O2. The number of likely N-dealkylation sites (tertiary alicyclic amines) is 1. The molecule has 1 aliphatic rings. The zero-order valence-electron chi connectivity index (χ0n) is 16.1. The molecule has 7 nitrogen and oxygen atoms in total. The van der Waals surface area contributed by atoms with E-state index in [1.54, 1.807) is 12.1 Å². The van der Waals surface area contributed by atoms with Crippen molar-refractivity contribution in [2.75, 3.05) is 19.6 Å². The summed E-state index contributed by atoms with van der Waals surface area (Å²) in [5.41, 5.74) is 7.41. The SMILES string of the molecule is N[C@@H](CCCCNC(O)c1cnc2ccccc2n1)C(=O)N1CC(F)(F)C(F)(F)C1. The fraction of sp³-hybridized carbons (Fsp3) is 0.526. The van der Waals surface area contributed by atoms with Gasteiger partial charge < -0.3 is 15.7 Å². The van der Waals surface area contributed by atoms with E-state index < -0.39 is 43.1 Å². The molecule has 0 aliphatic carbocycles. The van der Waals surface area contributed by atoms with Crippen LogP contribution in [0.1, 0.15) is 31.2 Å². The van der Waals surface area contributed by atoms with Gasteiger partial charge in [0.1, 0.15) is 11.9 Å². The van der Waals surface area contributed by atoms with Gasteiger partial charge in [-0.15, -0.1) is 0 Å². The summed E-state index contributed by atoms with van der Waals surface area (Å²) in [5, 5.41) is 13.0. The topological polar surface area (TPSA) is 104 Å². The normalized spacial score (nSPS) is 19.7. The number of hydrogen-bond acceptors (Lipinski definition) is 6. The molecule has 2 atom stereocenters. The number of nitrogens with zero attached hydrogens (tertiary/aromatic N) is 3. The number of aliphatic hydroxyl groups is 1. The summed E-state index contributed by atoms with van der Waals surface area (Å²) in [5.74, 6) is -9.39. The molecular weight excluding hydrogens is 406 g/mol. The molecule has 4 N–H and O–H groups in total. The van der Waals surface area contributed by atoms with E-state index in [4.69, 9.17) is 5.73 Å². The van der Waals surface area contributed by atoms with Crippen LogP contribution in [0.4, 0.5) is 17.6 Å². The number of benzene rings is 1. The van der Waals surface area contributed by atoms with Crippen LogP contribution in [-0.2, 0) is 4.79 Å². The van der Waals surface area contributed by atoms with E-state index in [9.17, 15) is 27.5 Å². The highest BCUT2D eigenvalue weighted by Crippen LogP contribution is 2.41. The molecule has 1 unspecified atom stereocenters. The zero-order chi connectivity index (χ0) is 21.9. The molecule has 30 heavy (non-hydrogen) atoms. The molecule has 1 aromatic carbocycles. The second kappa shape index (κ2) is 8.78. The Morgan fingerprint density at radius 3 is 2.47 bits per heavy atom. The molecule has 0 radical (unpaired) electrons. The van der Waals surface area contributed by atoms with Crippen LogP contribution in [-0.4, -0.2) is 63.4 Å². The minimum Gasteiger partial charge on any atom is -0.373 e. The number of unbranched alkanes of at least 4 members (excludes halogenated alkanes) is 1. The van der Waals surface area contributed by atoms with Crippen LogP contribution in [0.2, 0.25) is 0 Å². The van der Waals surface area contributed by atoms with E-state index in [2.05, 4.69) is 15.3 Å². The Balaban J connectivity index is 1.39. The third-order valence-corrected chi connectivity index (χ3v) is 4.97. The number of nitrogens with two attached hydrogens (primary N) is 1. The van der Waals surface area contributed by atoms with Crippen LogP contribution >= 0.6 is 0 Å². The maximum absolute atomic E-state index is 13.2. The molecule has 11 heteroatoms. The summed E-state index contributed by atoms with van der Waals surface area (Å²) in [6, 6.07) is 6.10. The zero-order valence-corrected chi connectivity index (χ0v) is 16.1. The van der Waals surface area contributed by atoms with Crippen molar-refractivity contribution in [1.29, 1.82) is 0 Å². The maximum atomic E-state index is 13.2. The fourth-order valence-corrected chi connectivity index (χ4v) is 3.22. The molecule has 0 spiro atoms. The largest absolute Gasteiger partial charge is 0.373 e. The highest BCUT2D eigenvalue weighted by atomic mass is 19.3. The number of rotatable bonds is 8. The molecule has 1 fully saturated rings. The molecule has 164 valence electrons. The number of aromatic nitrogens is 2. The van der Waals surface area contributed by atoms with Crippen molar-refractivity contribution in [2.24, 2.45) is 5.73 Å². The fourth-order valence-electron chi connectivity index (χ4n) is 3.22. The molecule has 2 aromatic rings. The Kier molecular flexibility index (Phi) is 6.53. The quantitative estimate of drug-likeness (QED) is 0.336. The van der Waals surface area contributed by atoms with Crippen molar-refractivity contribution in [2.45, 2.75) is 43.4 Å². The second-order valence-corrected chi connectivity index (χ2v) is 7.35. The van der Waals surface area contributed by atoms with Crippen LogP contribution in [0.3, 0.4) is 0 Å². The van der Waals surface area contributed by atoms with Gasteiger partial charge in [0, 0.05) is 0 Å². The molecule has 1 aromatic heterocycles. The third kappa shape index (κ3) is 4.85. The lowest BCUT2D eigenvalue weighted by Crippen LogP contribution is -2.43. The van der Waals surface area contributed by atoms with E-state index in [0.717, 1.165) is 0 Å². The molecule has 2 heterocycles. The van der Waals surface area contributed by atoms with Crippen molar-refractivity contribution in [3.8, 4) is 0 Å². The summed E-state index contributed by atoms with van der Waals surface area (Å²) in [4.78, 5) is 21.0. The lowest BCUT2D eigenvalue weighted by molar-refractivity contribution is -0.172. The number of aliphatic hydroxyl groups excluding tert-OH is 1. The minimum atomic E-state index is -4.24. The summed E-state index contributed by atoms with van der Waals surface area (Å²) < 4.78 is 52.9. The molecule has 3 rings (SSSR count). The van der Waals surface area contributed by atoms with Gasteiger partial charge in [-0.25, -0.2) is 4.98 Å². The van der Waals surface area contributed by atoms with Gasteiger partial charge in [-0.3, -0.25) is 15.1 Å². The number of hydrogen-bond donors (Lipinski definition) is 3. The lowest BCUT2D eigenvalue weighted by Gasteiger charge is -2.20. The Bertz CT molecular complexity index is 882. The minimum absolute atomic E-state index is 0.153. The predicted molar refractivity (Wildman–Crippen MR) is 101 cm³/mol. The van der Waals surface area contributed by atoms with E-state index in [1.165, 1.54) is 6.20 Å². The van der Waals surface area contributed by atoms with Crippen molar-refractivity contribution in [1.82, 2.24) is 20.2 Å². The number of fused-ring (bicyclic) bond motifs is 1. The van der Waals surface area contributed by atoms with E-state index in [-0.39, 0.29) is 6.42 Å². The molecule has 0 bridgehead atoms. The molecule has 0 saturated carbocycles. The summed E-state index contributed by atoms with van der Waals surface area (Å²) in [6.45, 7) is -2.28. The molecule has 1 amide bonds. The number of carbonyl (C=O) groups is 1. The lowest BCUT2D eigenvalue weighted by atomic mass is 10.1. The van der Waals surface area contributed by atoms with Gasteiger partial charge in [-0.05, 0) is 31.5 Å². The number of para-hydroxylation sites is 2. The monoisotopic (exact) mass is 429 g/mol. The average molecular weight is 429 g/mol. The number of amides is 1. The highest BCUT2D eigenvalue weighted by Gasteiger charge is 2.64. The van der Waals surface area contributed by atoms with Crippen LogP contribution in [0.25, 0.3) is 11.0 Å². The van der Waals surface area contributed by atoms with Gasteiger partial charge in [0.15, 0.2) is 0 Å².